The van der Waals surface area contributed by atoms with Crippen LogP contribution in [-0.2, 0) is 14.3 Å². The van der Waals surface area contributed by atoms with Crippen molar-refractivity contribution in [3.8, 4) is 0 Å². The maximum absolute atomic E-state index is 13.9. The van der Waals surface area contributed by atoms with Crippen molar-refractivity contribution in [1.29, 1.82) is 0 Å². The molecular weight excluding hydrogens is 478 g/mol. The number of hydrogen-bond donors (Lipinski definition) is 2. The molecule has 2 unspecified atom stereocenters. The molecule has 0 fully saturated rings. The van der Waals surface area contributed by atoms with Crippen LogP contribution < -0.4 is 10.6 Å². The molecule has 0 aromatic heterocycles. The van der Waals surface area contributed by atoms with Crippen LogP contribution in [0.2, 0.25) is 0 Å². The third kappa shape index (κ3) is 7.57. The highest BCUT2D eigenvalue weighted by atomic mass is 16.6. The van der Waals surface area contributed by atoms with E-state index in [2.05, 4.69) is 10.6 Å². The number of nitrogens with zero attached hydrogens (tertiary/aromatic N) is 1. The van der Waals surface area contributed by atoms with Gasteiger partial charge in [0.15, 0.2) is 0 Å². The largest absolute Gasteiger partial charge is 0.444 e. The zero-order valence-corrected chi connectivity index (χ0v) is 23.4. The minimum absolute atomic E-state index is 0.323. The summed E-state index contributed by atoms with van der Waals surface area (Å²) in [5, 5.41) is 7.74. The van der Waals surface area contributed by atoms with E-state index < -0.39 is 23.8 Å². The molecule has 3 aromatic carbocycles. The van der Waals surface area contributed by atoms with Gasteiger partial charge < -0.3 is 20.3 Å². The van der Waals surface area contributed by atoms with Gasteiger partial charge in [-0.2, -0.15) is 0 Å². The van der Waals surface area contributed by atoms with Gasteiger partial charge in [-0.05, 0) is 76.4 Å². The predicted octanol–water partition coefficient (Wildman–Crippen LogP) is 6.29. The zero-order chi connectivity index (χ0) is 28.0. The lowest BCUT2D eigenvalue weighted by Gasteiger charge is -2.33. The number of aryl methyl sites for hydroxylation is 2. The van der Waals surface area contributed by atoms with Crippen molar-refractivity contribution in [1.82, 2.24) is 10.2 Å². The molecule has 0 aliphatic rings. The summed E-state index contributed by atoms with van der Waals surface area (Å²) in [7, 11) is 0. The quantitative estimate of drug-likeness (QED) is 0.368. The number of hydrogen-bond acceptors (Lipinski definition) is 4. The third-order valence-electron chi connectivity index (χ3n) is 5.99. The fourth-order valence-electron chi connectivity index (χ4n) is 4.52. The Morgan fingerprint density at radius 1 is 0.921 bits per heavy atom. The van der Waals surface area contributed by atoms with Crippen LogP contribution in [0.5, 0.6) is 0 Å². The van der Waals surface area contributed by atoms with Gasteiger partial charge in [0.1, 0.15) is 17.7 Å². The van der Waals surface area contributed by atoms with Gasteiger partial charge in [0.25, 0.3) is 5.91 Å². The summed E-state index contributed by atoms with van der Waals surface area (Å²) in [6.45, 7) is 13.1. The van der Waals surface area contributed by atoms with Crippen LogP contribution in [0.15, 0.2) is 60.7 Å². The van der Waals surface area contributed by atoms with E-state index in [9.17, 15) is 14.4 Å². The summed E-state index contributed by atoms with van der Waals surface area (Å²) in [5.74, 6) is -0.688. The van der Waals surface area contributed by atoms with Crippen LogP contribution >= 0.6 is 0 Å². The number of rotatable bonds is 8. The normalized spacial score (nSPS) is 12.9. The van der Waals surface area contributed by atoms with Crippen LogP contribution in [0.1, 0.15) is 63.8 Å². The second-order valence-electron chi connectivity index (χ2n) is 10.8. The average molecular weight is 518 g/mol. The monoisotopic (exact) mass is 517 g/mol. The van der Waals surface area contributed by atoms with Crippen molar-refractivity contribution in [3.63, 3.8) is 0 Å². The Morgan fingerprint density at radius 2 is 1.55 bits per heavy atom. The lowest BCUT2D eigenvalue weighted by atomic mass is 9.98. The van der Waals surface area contributed by atoms with Crippen molar-refractivity contribution in [2.45, 2.75) is 72.6 Å². The van der Waals surface area contributed by atoms with Crippen LogP contribution in [-0.4, -0.2) is 41.0 Å². The molecule has 3 rings (SSSR count). The van der Waals surface area contributed by atoms with Crippen LogP contribution in [0.3, 0.4) is 0 Å². The van der Waals surface area contributed by atoms with Gasteiger partial charge in [-0.15, -0.1) is 0 Å². The number of nitrogens with one attached hydrogen (secondary N) is 2. The number of carbonyl (C=O) groups excluding carboxylic acids is 3. The minimum atomic E-state index is -0.893. The predicted molar refractivity (Wildman–Crippen MR) is 152 cm³/mol. The zero-order valence-electron chi connectivity index (χ0n) is 23.4. The van der Waals surface area contributed by atoms with Gasteiger partial charge in [-0.25, -0.2) is 4.79 Å². The lowest BCUT2D eigenvalue weighted by Crippen LogP contribution is -2.51. The number of fused-ring (bicyclic) bond motifs is 1. The van der Waals surface area contributed by atoms with E-state index in [0.717, 1.165) is 21.9 Å². The second-order valence-corrected chi connectivity index (χ2v) is 10.8. The molecule has 0 aliphatic carbocycles. The Kier molecular flexibility index (Phi) is 9.15. The summed E-state index contributed by atoms with van der Waals surface area (Å²) in [4.78, 5) is 41.6. The minimum Gasteiger partial charge on any atom is -0.444 e. The summed E-state index contributed by atoms with van der Waals surface area (Å²) in [6.07, 6.45) is -0.0477. The first-order valence-corrected chi connectivity index (χ1v) is 13.1. The van der Waals surface area contributed by atoms with E-state index in [1.807, 2.05) is 81.4 Å². The first-order chi connectivity index (χ1) is 17.9. The topological polar surface area (TPSA) is 87.7 Å². The molecule has 0 heterocycles. The molecule has 2 N–H and O–H groups in total. The second kappa shape index (κ2) is 12.1. The number of carbonyl (C=O) groups is 3. The van der Waals surface area contributed by atoms with Crippen molar-refractivity contribution in [3.05, 3.63) is 77.4 Å². The highest BCUT2D eigenvalue weighted by molar-refractivity contribution is 6.00. The van der Waals surface area contributed by atoms with E-state index >= 15 is 0 Å². The van der Waals surface area contributed by atoms with Crippen molar-refractivity contribution in [2.24, 2.45) is 0 Å². The van der Waals surface area contributed by atoms with Gasteiger partial charge in [0.2, 0.25) is 5.91 Å². The van der Waals surface area contributed by atoms with Crippen LogP contribution in [0, 0.1) is 13.8 Å². The average Bonchev–Trinajstić information content (AvgIpc) is 2.81. The molecule has 202 valence electrons. The van der Waals surface area contributed by atoms with Gasteiger partial charge in [-0.1, -0.05) is 66.6 Å². The van der Waals surface area contributed by atoms with Crippen molar-refractivity contribution >= 4 is 34.4 Å². The van der Waals surface area contributed by atoms with Crippen LogP contribution in [0.4, 0.5) is 10.5 Å². The van der Waals surface area contributed by atoms with E-state index in [0.29, 0.717) is 24.2 Å². The molecular formula is C31H39N3O4. The van der Waals surface area contributed by atoms with E-state index in [4.69, 9.17) is 4.74 Å². The molecule has 38 heavy (non-hydrogen) atoms. The molecule has 7 nitrogen and oxygen atoms in total. The molecule has 0 aliphatic heterocycles. The Bertz CT molecular complexity index is 1290. The van der Waals surface area contributed by atoms with Gasteiger partial charge >= 0.3 is 6.09 Å². The summed E-state index contributed by atoms with van der Waals surface area (Å²) in [5.41, 5.74) is 2.65. The number of amides is 3. The van der Waals surface area contributed by atoms with Gasteiger partial charge in [-0.3, -0.25) is 9.59 Å². The van der Waals surface area contributed by atoms with E-state index in [-0.39, 0.29) is 11.8 Å². The molecule has 0 bridgehead atoms. The smallest absolute Gasteiger partial charge is 0.408 e. The molecule has 3 amide bonds. The molecule has 2 atom stereocenters. The van der Waals surface area contributed by atoms with E-state index in [1.54, 1.807) is 32.6 Å². The van der Waals surface area contributed by atoms with E-state index in [1.165, 1.54) is 0 Å². The molecule has 0 saturated heterocycles. The lowest BCUT2D eigenvalue weighted by molar-refractivity contribution is -0.140. The maximum Gasteiger partial charge on any atom is 0.408 e. The first kappa shape index (κ1) is 28.7. The summed E-state index contributed by atoms with van der Waals surface area (Å²) in [6, 6.07) is 17.8. The maximum atomic E-state index is 13.9. The Hall–Kier alpha value is -3.87. The fourth-order valence-corrected chi connectivity index (χ4v) is 4.52. The van der Waals surface area contributed by atoms with Crippen molar-refractivity contribution in [2.75, 3.05) is 11.9 Å². The summed E-state index contributed by atoms with van der Waals surface area (Å²) < 4.78 is 5.34. The molecule has 0 radical (unpaired) electrons. The third-order valence-corrected chi connectivity index (χ3v) is 5.99. The number of ether oxygens (including phenoxy) is 1. The van der Waals surface area contributed by atoms with Gasteiger partial charge in [0, 0.05) is 12.2 Å². The highest BCUT2D eigenvalue weighted by Gasteiger charge is 2.34. The number of alkyl carbamates (subject to hydrolysis) is 1. The number of benzene rings is 3. The Balaban J connectivity index is 1.96. The van der Waals surface area contributed by atoms with Crippen LogP contribution in [0.25, 0.3) is 10.8 Å². The standard InChI is InChI=1S/C31H39N3O4/c1-8-15-34(29(36)22(4)32-30(37)38-31(5,6)7)27(25-17-20(2)16-21(3)18-25)28(35)33-26-14-13-23-11-9-10-12-24(23)19-26/h9-14,16-19,22,27H,8,15H2,1-7H3,(H,32,37)(H,33,35). The Morgan fingerprint density at radius 3 is 2.16 bits per heavy atom. The SMILES string of the molecule is CCCN(C(=O)C(C)NC(=O)OC(C)(C)C)C(C(=O)Nc1ccc2ccccc2c1)c1cc(C)cc(C)c1. The summed E-state index contributed by atoms with van der Waals surface area (Å²) >= 11 is 0. The highest BCUT2D eigenvalue weighted by Crippen LogP contribution is 2.27. The molecule has 3 aromatic rings. The van der Waals surface area contributed by atoms with Crippen molar-refractivity contribution < 1.29 is 19.1 Å². The first-order valence-electron chi connectivity index (χ1n) is 13.1. The number of anilines is 1. The Labute approximate surface area is 225 Å². The fraction of sp³-hybridized carbons (Fsp3) is 0.387. The molecule has 0 saturated carbocycles. The van der Waals surface area contributed by atoms with Gasteiger partial charge in [0.05, 0.1) is 0 Å². The molecule has 0 spiro atoms. The molecule has 7 heteroatoms.